The molecule has 0 unspecified atom stereocenters. The van der Waals surface area contributed by atoms with E-state index in [9.17, 15) is 14.0 Å². The van der Waals surface area contributed by atoms with Gasteiger partial charge in [-0.25, -0.2) is 4.39 Å². The van der Waals surface area contributed by atoms with Gasteiger partial charge in [0.1, 0.15) is 11.6 Å². The van der Waals surface area contributed by atoms with Crippen LogP contribution < -0.4 is 0 Å². The Balaban J connectivity index is 1.82. The molecule has 0 aliphatic carbocycles. The van der Waals surface area contributed by atoms with E-state index in [0.29, 0.717) is 5.76 Å². The van der Waals surface area contributed by atoms with E-state index in [0.717, 1.165) is 22.2 Å². The molecular formula is C18H13ClFNO3S. The Morgan fingerprint density at radius 3 is 2.80 bits per heavy atom. The predicted molar refractivity (Wildman–Crippen MR) is 95.4 cm³/mol. The van der Waals surface area contributed by atoms with Gasteiger partial charge in [0, 0.05) is 10.6 Å². The Bertz CT molecular complexity index is 869. The lowest BCUT2D eigenvalue weighted by atomic mass is 10.2. The number of furan rings is 1. The first kappa shape index (κ1) is 17.5. The van der Waals surface area contributed by atoms with E-state index >= 15 is 0 Å². The SMILES string of the molecule is CC(/C=C1\SC(=O)N(Cc2c(F)cccc2Cl)C1=O)=C\c1ccco1. The van der Waals surface area contributed by atoms with Crippen molar-refractivity contribution in [3.05, 3.63) is 75.3 Å². The molecule has 2 aromatic rings. The minimum absolute atomic E-state index is 0.121. The fourth-order valence-electron chi connectivity index (χ4n) is 2.32. The van der Waals surface area contributed by atoms with Crippen LogP contribution in [0.4, 0.5) is 9.18 Å². The van der Waals surface area contributed by atoms with Crippen molar-refractivity contribution in [2.75, 3.05) is 0 Å². The summed E-state index contributed by atoms with van der Waals surface area (Å²) in [6.45, 7) is 1.60. The number of hydrogen-bond donors (Lipinski definition) is 0. The zero-order valence-electron chi connectivity index (χ0n) is 13.2. The third kappa shape index (κ3) is 3.86. The zero-order chi connectivity index (χ0) is 18.0. The van der Waals surface area contributed by atoms with E-state index in [1.54, 1.807) is 37.5 Å². The van der Waals surface area contributed by atoms with Gasteiger partial charge in [0.05, 0.1) is 17.7 Å². The highest BCUT2D eigenvalue weighted by Crippen LogP contribution is 2.34. The molecule has 0 radical (unpaired) electrons. The Labute approximate surface area is 152 Å². The quantitative estimate of drug-likeness (QED) is 0.682. The molecule has 3 rings (SSSR count). The molecule has 1 fully saturated rings. The first-order chi connectivity index (χ1) is 12.0. The largest absolute Gasteiger partial charge is 0.465 e. The van der Waals surface area contributed by atoms with Crippen LogP contribution in [0.15, 0.2) is 57.6 Å². The highest BCUT2D eigenvalue weighted by Gasteiger charge is 2.35. The minimum Gasteiger partial charge on any atom is -0.465 e. The van der Waals surface area contributed by atoms with Crippen molar-refractivity contribution in [1.29, 1.82) is 0 Å². The lowest BCUT2D eigenvalue weighted by molar-refractivity contribution is -0.123. The smallest absolute Gasteiger partial charge is 0.293 e. The van der Waals surface area contributed by atoms with Gasteiger partial charge in [-0.05, 0) is 60.7 Å². The van der Waals surface area contributed by atoms with Crippen LogP contribution in [0, 0.1) is 5.82 Å². The number of amides is 2. The molecule has 0 atom stereocenters. The fraction of sp³-hybridized carbons (Fsp3) is 0.111. The maximum atomic E-state index is 13.9. The molecule has 0 N–H and O–H groups in total. The van der Waals surface area contributed by atoms with Crippen LogP contribution in [0.2, 0.25) is 5.02 Å². The second kappa shape index (κ2) is 7.29. The Hall–Kier alpha value is -2.31. The summed E-state index contributed by atoms with van der Waals surface area (Å²) in [5, 5.41) is -0.279. The second-order valence-corrected chi connectivity index (χ2v) is 6.77. The molecule has 25 heavy (non-hydrogen) atoms. The van der Waals surface area contributed by atoms with Crippen molar-refractivity contribution in [1.82, 2.24) is 4.90 Å². The molecule has 2 amide bonds. The van der Waals surface area contributed by atoms with Crippen LogP contribution in [0.3, 0.4) is 0 Å². The van der Waals surface area contributed by atoms with E-state index in [1.807, 2.05) is 0 Å². The van der Waals surface area contributed by atoms with E-state index in [1.165, 1.54) is 18.2 Å². The van der Waals surface area contributed by atoms with E-state index in [4.69, 9.17) is 16.0 Å². The predicted octanol–water partition coefficient (Wildman–Crippen LogP) is 5.25. The minimum atomic E-state index is -0.551. The van der Waals surface area contributed by atoms with Gasteiger partial charge in [-0.2, -0.15) is 0 Å². The van der Waals surface area contributed by atoms with Gasteiger partial charge in [0.25, 0.3) is 11.1 Å². The third-order valence-corrected chi connectivity index (χ3v) is 4.78. The van der Waals surface area contributed by atoms with Crippen molar-refractivity contribution in [3.8, 4) is 0 Å². The van der Waals surface area contributed by atoms with E-state index in [-0.39, 0.29) is 22.0 Å². The first-order valence-electron chi connectivity index (χ1n) is 7.36. The van der Waals surface area contributed by atoms with Crippen LogP contribution >= 0.6 is 23.4 Å². The molecule has 0 saturated carbocycles. The number of thioether (sulfide) groups is 1. The Kier molecular flexibility index (Phi) is 5.11. The van der Waals surface area contributed by atoms with Crippen molar-refractivity contribution in [2.24, 2.45) is 0 Å². The number of hydrogen-bond acceptors (Lipinski definition) is 4. The highest BCUT2D eigenvalue weighted by atomic mass is 35.5. The van der Waals surface area contributed by atoms with Crippen molar-refractivity contribution < 1.29 is 18.4 Å². The van der Waals surface area contributed by atoms with Crippen molar-refractivity contribution in [2.45, 2.75) is 13.5 Å². The summed E-state index contributed by atoms with van der Waals surface area (Å²) in [6.07, 6.45) is 4.91. The molecule has 4 nitrogen and oxygen atoms in total. The number of nitrogens with zero attached hydrogens (tertiary/aromatic N) is 1. The average Bonchev–Trinajstić information content (AvgIpc) is 3.14. The summed E-state index contributed by atoms with van der Waals surface area (Å²) in [4.78, 5) is 25.9. The number of rotatable bonds is 4. The highest BCUT2D eigenvalue weighted by molar-refractivity contribution is 8.18. The second-order valence-electron chi connectivity index (χ2n) is 5.37. The molecular weight excluding hydrogens is 365 g/mol. The summed E-state index contributed by atoms with van der Waals surface area (Å²) in [6, 6.07) is 7.77. The van der Waals surface area contributed by atoms with E-state index in [2.05, 4.69) is 0 Å². The van der Waals surface area contributed by atoms with Crippen LogP contribution in [0.1, 0.15) is 18.2 Å². The summed E-state index contributed by atoms with van der Waals surface area (Å²) >= 11 is 6.79. The molecule has 0 bridgehead atoms. The zero-order valence-corrected chi connectivity index (χ0v) is 14.7. The van der Waals surface area contributed by atoms with Crippen molar-refractivity contribution in [3.63, 3.8) is 0 Å². The monoisotopic (exact) mass is 377 g/mol. The van der Waals surface area contributed by atoms with Gasteiger partial charge in [-0.3, -0.25) is 14.5 Å². The standard InChI is InChI=1S/C18H13ClFNO3S/c1-11(8-12-4-3-7-24-12)9-16-17(22)21(18(23)25-16)10-13-14(19)5-2-6-15(13)20/h2-9H,10H2,1H3/b11-8+,16-9-. The molecule has 1 saturated heterocycles. The number of benzene rings is 1. The molecule has 2 heterocycles. The molecule has 1 aliphatic rings. The van der Waals surface area contributed by atoms with Gasteiger partial charge >= 0.3 is 0 Å². The lowest BCUT2D eigenvalue weighted by Crippen LogP contribution is -2.28. The lowest BCUT2D eigenvalue weighted by Gasteiger charge is -2.14. The normalized spacial score (nSPS) is 17.0. The first-order valence-corrected chi connectivity index (χ1v) is 8.55. The van der Waals surface area contributed by atoms with Gasteiger partial charge in [0.2, 0.25) is 0 Å². The fourth-order valence-corrected chi connectivity index (χ4v) is 3.43. The summed E-state index contributed by atoms with van der Waals surface area (Å²) < 4.78 is 19.1. The summed E-state index contributed by atoms with van der Waals surface area (Å²) in [5.74, 6) is -0.378. The molecule has 1 aromatic heterocycles. The number of carbonyl (C=O) groups is 2. The number of carbonyl (C=O) groups excluding carboxylic acids is 2. The molecule has 1 aromatic carbocycles. The van der Waals surface area contributed by atoms with Crippen LogP contribution in [0.25, 0.3) is 6.08 Å². The van der Waals surface area contributed by atoms with Crippen LogP contribution in [0.5, 0.6) is 0 Å². The van der Waals surface area contributed by atoms with Crippen molar-refractivity contribution >= 4 is 40.6 Å². The van der Waals surface area contributed by atoms with Crippen LogP contribution in [-0.2, 0) is 11.3 Å². The number of halogens is 2. The molecule has 1 aliphatic heterocycles. The number of imide groups is 1. The third-order valence-electron chi connectivity index (χ3n) is 3.52. The topological polar surface area (TPSA) is 50.5 Å². The maximum Gasteiger partial charge on any atom is 0.293 e. The Morgan fingerprint density at radius 2 is 2.12 bits per heavy atom. The van der Waals surface area contributed by atoms with E-state index < -0.39 is 17.0 Å². The average molecular weight is 378 g/mol. The van der Waals surface area contributed by atoms with Gasteiger partial charge in [-0.1, -0.05) is 17.7 Å². The van der Waals surface area contributed by atoms with Gasteiger partial charge < -0.3 is 4.42 Å². The Morgan fingerprint density at radius 1 is 1.32 bits per heavy atom. The molecule has 0 spiro atoms. The van der Waals surface area contributed by atoms with Crippen LogP contribution in [-0.4, -0.2) is 16.0 Å². The summed E-state index contributed by atoms with van der Waals surface area (Å²) in [5.41, 5.74) is 0.875. The number of allylic oxidation sites excluding steroid dienone is 2. The van der Waals surface area contributed by atoms with Gasteiger partial charge in [-0.15, -0.1) is 0 Å². The molecule has 128 valence electrons. The van der Waals surface area contributed by atoms with Gasteiger partial charge in [0.15, 0.2) is 0 Å². The molecule has 7 heteroatoms. The summed E-state index contributed by atoms with van der Waals surface area (Å²) in [7, 11) is 0. The maximum absolute atomic E-state index is 13.9.